The van der Waals surface area contributed by atoms with Crippen molar-refractivity contribution in [3.8, 4) is 17.4 Å². The average Bonchev–Trinajstić information content (AvgIpc) is 2.47. The van der Waals surface area contributed by atoms with Gasteiger partial charge < -0.3 is 10.1 Å². The number of anilines is 1. The second-order valence-corrected chi connectivity index (χ2v) is 4.03. The molecule has 0 spiro atoms. The number of ether oxygens (including phenoxy) is 1. The molecule has 0 aliphatic carbocycles. The molecule has 100 valence electrons. The highest BCUT2D eigenvalue weighted by Gasteiger charge is 2.11. The van der Waals surface area contributed by atoms with Gasteiger partial charge in [-0.2, -0.15) is 0 Å². The number of hydrogen-bond donors (Lipinski definition) is 1. The molecule has 1 N–H and O–H groups in total. The number of methoxy groups -OCH3 is 1. The van der Waals surface area contributed by atoms with Gasteiger partial charge in [-0.1, -0.05) is 6.92 Å². The molecule has 2 heterocycles. The van der Waals surface area contributed by atoms with E-state index >= 15 is 0 Å². The van der Waals surface area contributed by atoms with Crippen molar-refractivity contribution in [2.24, 2.45) is 0 Å². The van der Waals surface area contributed by atoms with Crippen molar-refractivity contribution >= 4 is 5.82 Å². The molecular formula is C13H17N5O. The van der Waals surface area contributed by atoms with E-state index in [9.17, 15) is 0 Å². The maximum Gasteiger partial charge on any atom is 0.233 e. The van der Waals surface area contributed by atoms with E-state index < -0.39 is 0 Å². The van der Waals surface area contributed by atoms with Gasteiger partial charge in [0.1, 0.15) is 11.5 Å². The van der Waals surface area contributed by atoms with Crippen LogP contribution in [0.15, 0.2) is 12.1 Å². The Balaban J connectivity index is 2.48. The Morgan fingerprint density at radius 2 is 2.00 bits per heavy atom. The van der Waals surface area contributed by atoms with Gasteiger partial charge in [0, 0.05) is 24.4 Å². The van der Waals surface area contributed by atoms with Crippen LogP contribution in [0.1, 0.15) is 18.2 Å². The van der Waals surface area contributed by atoms with Crippen molar-refractivity contribution in [1.82, 2.24) is 20.2 Å². The topological polar surface area (TPSA) is 72.8 Å². The molecule has 0 bridgehead atoms. The minimum absolute atomic E-state index is 0.473. The molecule has 19 heavy (non-hydrogen) atoms. The standard InChI is InChI=1S/C13H17N5O/c1-5-9-8(2)12(14-3)16-13(15-9)10-6-7-11(19-4)18-17-10/h6-7H,5H2,1-4H3,(H,14,15,16). The lowest BCUT2D eigenvalue weighted by atomic mass is 10.2. The minimum Gasteiger partial charge on any atom is -0.480 e. The first kappa shape index (κ1) is 13.2. The molecule has 2 rings (SSSR count). The number of rotatable bonds is 4. The molecule has 0 saturated carbocycles. The Morgan fingerprint density at radius 1 is 1.21 bits per heavy atom. The smallest absolute Gasteiger partial charge is 0.233 e. The van der Waals surface area contributed by atoms with E-state index in [1.807, 2.05) is 14.0 Å². The van der Waals surface area contributed by atoms with Crippen LogP contribution in [0.5, 0.6) is 5.88 Å². The van der Waals surface area contributed by atoms with Crippen molar-refractivity contribution in [1.29, 1.82) is 0 Å². The molecule has 6 nitrogen and oxygen atoms in total. The third-order valence-electron chi connectivity index (χ3n) is 2.90. The summed E-state index contributed by atoms with van der Waals surface area (Å²) in [7, 11) is 3.40. The van der Waals surface area contributed by atoms with Crippen molar-refractivity contribution in [2.45, 2.75) is 20.3 Å². The van der Waals surface area contributed by atoms with E-state index in [1.54, 1.807) is 19.2 Å². The van der Waals surface area contributed by atoms with Gasteiger partial charge in [-0.15, -0.1) is 10.2 Å². The molecule has 0 aromatic carbocycles. The zero-order chi connectivity index (χ0) is 13.8. The monoisotopic (exact) mass is 259 g/mol. The van der Waals surface area contributed by atoms with Gasteiger partial charge in [-0.05, 0) is 19.4 Å². The van der Waals surface area contributed by atoms with Crippen LogP contribution >= 0.6 is 0 Å². The second-order valence-electron chi connectivity index (χ2n) is 4.03. The van der Waals surface area contributed by atoms with E-state index in [0.29, 0.717) is 17.4 Å². The van der Waals surface area contributed by atoms with Crippen LogP contribution in [-0.4, -0.2) is 34.3 Å². The average molecular weight is 259 g/mol. The second kappa shape index (κ2) is 5.60. The Labute approximate surface area is 112 Å². The van der Waals surface area contributed by atoms with Crippen LogP contribution in [0.3, 0.4) is 0 Å². The molecule has 2 aromatic heterocycles. The summed E-state index contributed by atoms with van der Waals surface area (Å²) in [6.45, 7) is 4.08. The molecular weight excluding hydrogens is 242 g/mol. The lowest BCUT2D eigenvalue weighted by Crippen LogP contribution is -2.05. The molecule has 0 fully saturated rings. The summed E-state index contributed by atoms with van der Waals surface area (Å²) in [5.41, 5.74) is 2.70. The van der Waals surface area contributed by atoms with Gasteiger partial charge in [-0.25, -0.2) is 9.97 Å². The summed E-state index contributed by atoms with van der Waals surface area (Å²) in [5.74, 6) is 1.86. The summed E-state index contributed by atoms with van der Waals surface area (Å²) in [6, 6.07) is 3.55. The third kappa shape index (κ3) is 2.62. The lowest BCUT2D eigenvalue weighted by molar-refractivity contribution is 0.392. The third-order valence-corrected chi connectivity index (χ3v) is 2.90. The van der Waals surface area contributed by atoms with Crippen molar-refractivity contribution < 1.29 is 4.74 Å². The normalized spacial score (nSPS) is 10.3. The van der Waals surface area contributed by atoms with Crippen LogP contribution in [0.4, 0.5) is 5.82 Å². The first-order chi connectivity index (χ1) is 9.19. The van der Waals surface area contributed by atoms with Gasteiger partial charge >= 0.3 is 0 Å². The Bertz CT molecular complexity index is 543. The van der Waals surface area contributed by atoms with Crippen molar-refractivity contribution in [3.63, 3.8) is 0 Å². The SMILES string of the molecule is CCc1nc(-c2ccc(OC)nn2)nc(NC)c1C. The molecule has 0 saturated heterocycles. The number of nitrogens with one attached hydrogen (secondary N) is 1. The molecule has 0 radical (unpaired) electrons. The first-order valence-corrected chi connectivity index (χ1v) is 6.13. The Hall–Kier alpha value is -2.24. The zero-order valence-electron chi connectivity index (χ0n) is 11.6. The zero-order valence-corrected chi connectivity index (χ0v) is 11.6. The molecule has 0 unspecified atom stereocenters. The molecule has 0 aliphatic rings. The molecule has 0 amide bonds. The number of nitrogens with zero attached hydrogens (tertiary/aromatic N) is 4. The summed E-state index contributed by atoms with van der Waals surface area (Å²) in [4.78, 5) is 8.99. The molecule has 0 atom stereocenters. The van der Waals surface area contributed by atoms with Crippen LogP contribution in [0.2, 0.25) is 0 Å². The van der Waals surface area contributed by atoms with E-state index in [4.69, 9.17) is 4.74 Å². The predicted octanol–water partition coefficient (Wildman–Crippen LogP) is 1.85. The Morgan fingerprint density at radius 3 is 2.53 bits per heavy atom. The van der Waals surface area contributed by atoms with Gasteiger partial charge in [0.15, 0.2) is 5.82 Å². The fourth-order valence-electron chi connectivity index (χ4n) is 1.81. The van der Waals surface area contributed by atoms with E-state index in [1.165, 1.54) is 0 Å². The summed E-state index contributed by atoms with van der Waals surface area (Å²) < 4.78 is 4.99. The van der Waals surface area contributed by atoms with Gasteiger partial charge in [0.2, 0.25) is 5.88 Å². The van der Waals surface area contributed by atoms with Gasteiger partial charge in [-0.3, -0.25) is 0 Å². The van der Waals surface area contributed by atoms with Crippen molar-refractivity contribution in [3.05, 3.63) is 23.4 Å². The maximum atomic E-state index is 4.99. The molecule has 0 aliphatic heterocycles. The molecule has 2 aromatic rings. The van der Waals surface area contributed by atoms with Crippen LogP contribution in [0, 0.1) is 6.92 Å². The summed E-state index contributed by atoms with van der Waals surface area (Å²) in [6.07, 6.45) is 0.847. The van der Waals surface area contributed by atoms with E-state index in [0.717, 1.165) is 23.5 Å². The Kier molecular flexibility index (Phi) is 3.89. The fraction of sp³-hybridized carbons (Fsp3) is 0.385. The maximum absolute atomic E-state index is 4.99. The number of hydrogen-bond acceptors (Lipinski definition) is 6. The highest BCUT2D eigenvalue weighted by atomic mass is 16.5. The summed E-state index contributed by atoms with van der Waals surface area (Å²) >= 11 is 0. The number of aryl methyl sites for hydroxylation is 1. The fourth-order valence-corrected chi connectivity index (χ4v) is 1.81. The highest BCUT2D eigenvalue weighted by molar-refractivity contribution is 5.56. The van der Waals surface area contributed by atoms with Gasteiger partial charge in [0.25, 0.3) is 0 Å². The van der Waals surface area contributed by atoms with Gasteiger partial charge in [0.05, 0.1) is 7.11 Å². The highest BCUT2D eigenvalue weighted by Crippen LogP contribution is 2.21. The lowest BCUT2D eigenvalue weighted by Gasteiger charge is -2.10. The van der Waals surface area contributed by atoms with E-state index in [2.05, 4.69) is 32.4 Å². The first-order valence-electron chi connectivity index (χ1n) is 6.13. The van der Waals surface area contributed by atoms with E-state index in [-0.39, 0.29) is 0 Å². The van der Waals surface area contributed by atoms with Crippen LogP contribution in [0.25, 0.3) is 11.5 Å². The predicted molar refractivity (Wildman–Crippen MR) is 73.3 cm³/mol. The number of aromatic nitrogens is 4. The van der Waals surface area contributed by atoms with Crippen LogP contribution < -0.4 is 10.1 Å². The van der Waals surface area contributed by atoms with Crippen molar-refractivity contribution in [2.75, 3.05) is 19.5 Å². The summed E-state index contributed by atoms with van der Waals surface area (Å²) in [5, 5.41) is 11.1. The minimum atomic E-state index is 0.473. The largest absolute Gasteiger partial charge is 0.480 e. The molecule has 6 heteroatoms. The quantitative estimate of drug-likeness (QED) is 0.903. The van der Waals surface area contributed by atoms with Crippen LogP contribution in [-0.2, 0) is 6.42 Å².